The highest BCUT2D eigenvalue weighted by molar-refractivity contribution is 6.01. The molecule has 0 atom stereocenters. The van der Waals surface area contributed by atoms with Crippen LogP contribution in [0.15, 0.2) is 23.0 Å². The minimum atomic E-state index is -1.00. The van der Waals surface area contributed by atoms with Crippen molar-refractivity contribution >= 4 is 17.0 Å². The Morgan fingerprint density at radius 1 is 1.38 bits per heavy atom. The molecular weight excluding hydrogens is 270 g/mol. The zero-order valence-corrected chi connectivity index (χ0v) is 12.0. The highest BCUT2D eigenvalue weighted by Gasteiger charge is 2.21. The van der Waals surface area contributed by atoms with Gasteiger partial charge in [0.1, 0.15) is 0 Å². The molecule has 0 bridgehead atoms. The first kappa shape index (κ1) is 13.9. The van der Waals surface area contributed by atoms with Gasteiger partial charge in [-0.05, 0) is 51.0 Å². The third-order valence-electron chi connectivity index (χ3n) is 4.30. The second-order valence-electron chi connectivity index (χ2n) is 5.79. The van der Waals surface area contributed by atoms with Crippen LogP contribution in [0, 0.1) is 5.92 Å². The fourth-order valence-electron chi connectivity index (χ4n) is 3.07. The molecule has 0 aliphatic carbocycles. The van der Waals surface area contributed by atoms with E-state index in [2.05, 4.69) is 16.9 Å². The van der Waals surface area contributed by atoms with Crippen molar-refractivity contribution in [1.82, 2.24) is 14.5 Å². The van der Waals surface area contributed by atoms with Gasteiger partial charge in [-0.3, -0.25) is 4.57 Å². The van der Waals surface area contributed by atoms with E-state index in [1.165, 1.54) is 0 Å². The maximum Gasteiger partial charge on any atom is 0.337 e. The van der Waals surface area contributed by atoms with Crippen molar-refractivity contribution in [1.29, 1.82) is 0 Å². The molecule has 1 aliphatic heterocycles. The lowest BCUT2D eigenvalue weighted by atomic mass is 9.97. The summed E-state index contributed by atoms with van der Waals surface area (Å²) in [5.41, 5.74) is 1.05. The number of hydrogen-bond acceptors (Lipinski definition) is 3. The summed E-state index contributed by atoms with van der Waals surface area (Å²) in [5.74, 6) is -0.587. The third-order valence-corrected chi connectivity index (χ3v) is 4.30. The Bertz CT molecular complexity index is 723. The van der Waals surface area contributed by atoms with Gasteiger partial charge in [0.15, 0.2) is 0 Å². The maximum atomic E-state index is 12.2. The summed E-state index contributed by atoms with van der Waals surface area (Å²) in [4.78, 5) is 28.6. The first-order valence-corrected chi connectivity index (χ1v) is 7.19. The lowest BCUT2D eigenvalue weighted by Gasteiger charge is -2.29. The van der Waals surface area contributed by atoms with E-state index < -0.39 is 5.97 Å². The van der Waals surface area contributed by atoms with E-state index in [1.807, 2.05) is 0 Å². The number of carboxylic acid groups (broad SMARTS) is 1. The molecule has 6 nitrogen and oxygen atoms in total. The van der Waals surface area contributed by atoms with Gasteiger partial charge < -0.3 is 15.0 Å². The number of carbonyl (C=O) groups is 1. The maximum absolute atomic E-state index is 12.2. The number of imidazole rings is 1. The van der Waals surface area contributed by atoms with E-state index in [0.29, 0.717) is 23.5 Å². The van der Waals surface area contributed by atoms with E-state index >= 15 is 0 Å². The summed E-state index contributed by atoms with van der Waals surface area (Å²) in [5, 5.41) is 9.32. The van der Waals surface area contributed by atoms with Gasteiger partial charge in [0.25, 0.3) is 0 Å². The molecule has 6 heteroatoms. The Labute approximate surface area is 122 Å². The molecule has 21 heavy (non-hydrogen) atoms. The molecular formula is C15H19N3O3. The molecule has 1 aromatic heterocycles. The number of aromatic nitrogens is 2. The Hall–Kier alpha value is -2.08. The highest BCUT2D eigenvalue weighted by Crippen LogP contribution is 2.21. The van der Waals surface area contributed by atoms with Crippen LogP contribution in [-0.2, 0) is 6.54 Å². The van der Waals surface area contributed by atoms with E-state index in [1.54, 1.807) is 22.8 Å². The molecule has 0 spiro atoms. The molecule has 2 aromatic rings. The number of benzene rings is 1. The molecule has 1 aromatic carbocycles. The lowest BCUT2D eigenvalue weighted by Crippen LogP contribution is -2.33. The Morgan fingerprint density at radius 2 is 2.10 bits per heavy atom. The molecule has 0 unspecified atom stereocenters. The largest absolute Gasteiger partial charge is 0.478 e. The molecule has 0 amide bonds. The van der Waals surface area contributed by atoms with Crippen LogP contribution in [0.25, 0.3) is 11.0 Å². The fraction of sp³-hybridized carbons (Fsp3) is 0.467. The van der Waals surface area contributed by atoms with Crippen molar-refractivity contribution in [3.05, 3.63) is 34.2 Å². The normalized spacial score (nSPS) is 17.4. The van der Waals surface area contributed by atoms with Crippen LogP contribution in [0.2, 0.25) is 0 Å². The first-order chi connectivity index (χ1) is 10.1. The van der Waals surface area contributed by atoms with Crippen molar-refractivity contribution in [2.45, 2.75) is 19.4 Å². The van der Waals surface area contributed by atoms with Gasteiger partial charge in [0, 0.05) is 6.54 Å². The van der Waals surface area contributed by atoms with Crippen LogP contribution in [0.4, 0.5) is 0 Å². The second kappa shape index (κ2) is 5.37. The van der Waals surface area contributed by atoms with Gasteiger partial charge in [-0.25, -0.2) is 9.59 Å². The minimum absolute atomic E-state index is 0.179. The number of rotatable bonds is 3. The van der Waals surface area contributed by atoms with Gasteiger partial charge in [0.05, 0.1) is 16.6 Å². The zero-order valence-electron chi connectivity index (χ0n) is 12.0. The summed E-state index contributed by atoms with van der Waals surface area (Å²) >= 11 is 0. The Kier molecular flexibility index (Phi) is 3.55. The molecule has 1 saturated heterocycles. The molecule has 1 fully saturated rings. The van der Waals surface area contributed by atoms with Crippen molar-refractivity contribution in [2.75, 3.05) is 20.1 Å². The first-order valence-electron chi connectivity index (χ1n) is 7.19. The van der Waals surface area contributed by atoms with Crippen molar-refractivity contribution < 1.29 is 9.90 Å². The number of carboxylic acids is 1. The van der Waals surface area contributed by atoms with Crippen LogP contribution in [0.5, 0.6) is 0 Å². The number of aromatic amines is 1. The number of hydrogen-bond donors (Lipinski definition) is 2. The number of piperidine rings is 1. The van der Waals surface area contributed by atoms with Gasteiger partial charge in [0.2, 0.25) is 0 Å². The van der Waals surface area contributed by atoms with Crippen LogP contribution in [0.1, 0.15) is 23.2 Å². The van der Waals surface area contributed by atoms with E-state index in [4.69, 9.17) is 0 Å². The quantitative estimate of drug-likeness (QED) is 0.894. The standard InChI is InChI=1S/C15H19N3O3/c1-17-7-5-10(6-8-17)9-18-13-11(14(19)20)3-2-4-12(13)16-15(18)21/h2-4,10H,5-9H2,1H3,(H,16,21)(H,19,20). The summed E-state index contributed by atoms with van der Waals surface area (Å²) < 4.78 is 1.59. The van der Waals surface area contributed by atoms with Crippen LogP contribution in [-0.4, -0.2) is 45.7 Å². The highest BCUT2D eigenvalue weighted by atomic mass is 16.4. The number of aromatic carboxylic acids is 1. The smallest absolute Gasteiger partial charge is 0.337 e. The number of nitrogens with one attached hydrogen (secondary N) is 1. The monoisotopic (exact) mass is 289 g/mol. The van der Waals surface area contributed by atoms with Crippen molar-refractivity contribution in [2.24, 2.45) is 5.92 Å². The topological polar surface area (TPSA) is 78.3 Å². The molecule has 2 heterocycles. The molecule has 0 radical (unpaired) electrons. The molecule has 112 valence electrons. The predicted octanol–water partition coefficient (Wildman–Crippen LogP) is 1.37. The second-order valence-corrected chi connectivity index (χ2v) is 5.79. The van der Waals surface area contributed by atoms with E-state index in [-0.39, 0.29) is 11.3 Å². The van der Waals surface area contributed by atoms with Crippen LogP contribution < -0.4 is 5.69 Å². The average molecular weight is 289 g/mol. The SMILES string of the molecule is CN1CCC(Cn2c(=O)[nH]c3cccc(C(=O)O)c32)CC1. The number of nitrogens with zero attached hydrogens (tertiary/aromatic N) is 2. The molecule has 0 saturated carbocycles. The summed E-state index contributed by atoms with van der Waals surface area (Å²) in [6, 6.07) is 4.94. The van der Waals surface area contributed by atoms with E-state index in [9.17, 15) is 14.7 Å². The number of para-hydroxylation sites is 1. The Balaban J connectivity index is 2.00. The van der Waals surface area contributed by atoms with E-state index in [0.717, 1.165) is 25.9 Å². The average Bonchev–Trinajstić information content (AvgIpc) is 2.77. The number of likely N-dealkylation sites (tertiary alicyclic amines) is 1. The van der Waals surface area contributed by atoms with Crippen molar-refractivity contribution in [3.8, 4) is 0 Å². The molecule has 1 aliphatic rings. The van der Waals surface area contributed by atoms with Gasteiger partial charge in [-0.15, -0.1) is 0 Å². The summed E-state index contributed by atoms with van der Waals surface area (Å²) in [6.07, 6.45) is 2.07. The molecule has 2 N–H and O–H groups in total. The van der Waals surface area contributed by atoms with Crippen LogP contribution >= 0.6 is 0 Å². The number of fused-ring (bicyclic) bond motifs is 1. The van der Waals surface area contributed by atoms with Gasteiger partial charge in [-0.2, -0.15) is 0 Å². The van der Waals surface area contributed by atoms with Crippen molar-refractivity contribution in [3.63, 3.8) is 0 Å². The summed E-state index contributed by atoms with van der Waals surface area (Å²) in [6.45, 7) is 2.62. The third kappa shape index (κ3) is 2.58. The van der Waals surface area contributed by atoms with Crippen LogP contribution in [0.3, 0.4) is 0 Å². The predicted molar refractivity (Wildman–Crippen MR) is 79.7 cm³/mol. The Morgan fingerprint density at radius 3 is 2.76 bits per heavy atom. The summed E-state index contributed by atoms with van der Waals surface area (Å²) in [7, 11) is 2.09. The van der Waals surface area contributed by atoms with Gasteiger partial charge >= 0.3 is 11.7 Å². The number of H-pyrrole nitrogens is 1. The fourth-order valence-corrected chi connectivity index (χ4v) is 3.07. The molecule has 3 rings (SSSR count). The minimum Gasteiger partial charge on any atom is -0.478 e. The zero-order chi connectivity index (χ0) is 15.0. The lowest BCUT2D eigenvalue weighted by molar-refractivity contribution is 0.0698. The van der Waals surface area contributed by atoms with Gasteiger partial charge in [-0.1, -0.05) is 6.07 Å².